The van der Waals surface area contributed by atoms with Crippen molar-refractivity contribution in [3.8, 4) is 5.75 Å². The Hall–Kier alpha value is -1.60. The Morgan fingerprint density at radius 1 is 1.28 bits per heavy atom. The number of carbonyl (C=O) groups excluding carboxylic acids is 1. The Kier molecular flexibility index (Phi) is 6.30. The fourth-order valence-corrected chi connectivity index (χ4v) is 5.14. The van der Waals surface area contributed by atoms with Crippen LogP contribution >= 0.6 is 0 Å². The van der Waals surface area contributed by atoms with E-state index < -0.39 is 10.0 Å². The van der Waals surface area contributed by atoms with Crippen LogP contribution in [0.4, 0.5) is 0 Å². The molecule has 1 saturated heterocycles. The van der Waals surface area contributed by atoms with Gasteiger partial charge in [0, 0.05) is 23.9 Å². The van der Waals surface area contributed by atoms with E-state index in [0.29, 0.717) is 25.5 Å². The Morgan fingerprint density at radius 2 is 1.97 bits per heavy atom. The maximum absolute atomic E-state index is 12.9. The minimum absolute atomic E-state index is 0.0892. The number of rotatable bonds is 8. The lowest BCUT2D eigenvalue weighted by Crippen LogP contribution is -2.50. The Labute approximate surface area is 175 Å². The molecule has 1 aliphatic carbocycles. The van der Waals surface area contributed by atoms with Crippen LogP contribution in [0.15, 0.2) is 24.3 Å². The van der Waals surface area contributed by atoms with Gasteiger partial charge in [-0.25, -0.2) is 13.1 Å². The topological polar surface area (TPSA) is 75.7 Å². The Morgan fingerprint density at radius 3 is 2.52 bits per heavy atom. The van der Waals surface area contributed by atoms with E-state index in [0.717, 1.165) is 24.2 Å². The first-order valence-electron chi connectivity index (χ1n) is 10.5. The summed E-state index contributed by atoms with van der Waals surface area (Å²) in [5, 5.41) is 0. The van der Waals surface area contributed by atoms with Crippen LogP contribution in [0.1, 0.15) is 46.1 Å². The van der Waals surface area contributed by atoms with Crippen LogP contribution in [-0.2, 0) is 21.2 Å². The van der Waals surface area contributed by atoms with Crippen LogP contribution in [0.3, 0.4) is 0 Å². The lowest BCUT2D eigenvalue weighted by atomic mass is 9.92. The van der Waals surface area contributed by atoms with Crippen molar-refractivity contribution in [1.29, 1.82) is 0 Å². The zero-order valence-electron chi connectivity index (χ0n) is 18.1. The van der Waals surface area contributed by atoms with Gasteiger partial charge in [-0.1, -0.05) is 39.8 Å². The number of hydrogen-bond acceptors (Lipinski definition) is 4. The molecule has 0 radical (unpaired) electrons. The summed E-state index contributed by atoms with van der Waals surface area (Å²) < 4.78 is 32.9. The molecule has 3 rings (SSSR count). The maximum atomic E-state index is 12.9. The molecular weight excluding hydrogens is 388 g/mol. The number of likely N-dealkylation sites (tertiary alicyclic amines) is 1. The molecular formula is C22H34N2O4S. The average molecular weight is 423 g/mol. The largest absolute Gasteiger partial charge is 0.493 e. The maximum Gasteiger partial charge on any atom is 0.225 e. The lowest BCUT2D eigenvalue weighted by molar-refractivity contribution is -0.135. The molecule has 1 aliphatic heterocycles. The SMILES string of the molecule is CC(C)COc1cccc(CC2C(NS(C)(=O)=O)C3(CC3)CN2C(=O)C(C)C)c1. The van der Waals surface area contributed by atoms with E-state index in [4.69, 9.17) is 4.74 Å². The van der Waals surface area contributed by atoms with Crippen LogP contribution < -0.4 is 9.46 Å². The molecule has 2 atom stereocenters. The van der Waals surface area contributed by atoms with E-state index in [2.05, 4.69) is 18.6 Å². The van der Waals surface area contributed by atoms with E-state index in [1.807, 2.05) is 43.0 Å². The molecule has 0 aromatic heterocycles. The molecule has 1 N–H and O–H groups in total. The summed E-state index contributed by atoms with van der Waals surface area (Å²) in [5.41, 5.74) is 0.931. The highest BCUT2D eigenvalue weighted by molar-refractivity contribution is 7.88. The van der Waals surface area contributed by atoms with Crippen molar-refractivity contribution in [2.24, 2.45) is 17.3 Å². The number of amides is 1. The summed E-state index contributed by atoms with van der Waals surface area (Å²) in [5.74, 6) is 1.22. The second kappa shape index (κ2) is 8.26. The molecule has 2 aliphatic rings. The van der Waals surface area contributed by atoms with E-state index >= 15 is 0 Å². The smallest absolute Gasteiger partial charge is 0.225 e. The quantitative estimate of drug-likeness (QED) is 0.699. The van der Waals surface area contributed by atoms with Crippen molar-refractivity contribution in [2.45, 2.75) is 59.0 Å². The Balaban J connectivity index is 1.87. The molecule has 0 bridgehead atoms. The standard InChI is InChI=1S/C22H34N2O4S/c1-15(2)13-28-18-8-6-7-17(11-18)12-19-20(23-29(5,26)27)22(9-10-22)14-24(19)21(25)16(3)4/h6-8,11,15-16,19-20,23H,9-10,12-14H2,1-5H3. The monoisotopic (exact) mass is 422 g/mol. The zero-order valence-corrected chi connectivity index (χ0v) is 19.0. The predicted octanol–water partition coefficient (Wildman–Crippen LogP) is 2.83. The number of hydrogen-bond donors (Lipinski definition) is 1. The predicted molar refractivity (Wildman–Crippen MR) is 114 cm³/mol. The fourth-order valence-electron chi connectivity index (χ4n) is 4.27. The second-order valence-corrected chi connectivity index (χ2v) is 11.3. The summed E-state index contributed by atoms with van der Waals surface area (Å²) in [6.45, 7) is 9.29. The van der Waals surface area contributed by atoms with Crippen LogP contribution in [-0.4, -0.2) is 50.7 Å². The van der Waals surface area contributed by atoms with Crippen molar-refractivity contribution in [2.75, 3.05) is 19.4 Å². The van der Waals surface area contributed by atoms with Crippen molar-refractivity contribution < 1.29 is 17.9 Å². The molecule has 2 unspecified atom stereocenters. The number of nitrogens with zero attached hydrogens (tertiary/aromatic N) is 1. The van der Waals surface area contributed by atoms with Crippen LogP contribution in [0, 0.1) is 17.3 Å². The van der Waals surface area contributed by atoms with Gasteiger partial charge >= 0.3 is 0 Å². The van der Waals surface area contributed by atoms with Crippen molar-refractivity contribution in [1.82, 2.24) is 9.62 Å². The summed E-state index contributed by atoms with van der Waals surface area (Å²) in [7, 11) is -3.37. The fraction of sp³-hybridized carbons (Fsp3) is 0.682. The molecule has 162 valence electrons. The van der Waals surface area contributed by atoms with E-state index in [9.17, 15) is 13.2 Å². The first-order valence-corrected chi connectivity index (χ1v) is 12.4. The first kappa shape index (κ1) is 22.1. The van der Waals surface area contributed by atoms with Gasteiger partial charge in [-0.15, -0.1) is 0 Å². The zero-order chi connectivity index (χ0) is 21.4. The van der Waals surface area contributed by atoms with Gasteiger partial charge in [0.2, 0.25) is 15.9 Å². The summed E-state index contributed by atoms with van der Waals surface area (Å²) in [6.07, 6.45) is 3.71. The highest BCUT2D eigenvalue weighted by Crippen LogP contribution is 2.55. The van der Waals surface area contributed by atoms with Crippen LogP contribution in [0.25, 0.3) is 0 Å². The molecule has 1 saturated carbocycles. The van der Waals surface area contributed by atoms with Crippen molar-refractivity contribution in [3.63, 3.8) is 0 Å². The third kappa shape index (κ3) is 5.31. The van der Waals surface area contributed by atoms with Gasteiger partial charge in [0.25, 0.3) is 0 Å². The second-order valence-electron chi connectivity index (χ2n) is 9.47. The highest BCUT2D eigenvalue weighted by atomic mass is 32.2. The molecule has 1 amide bonds. The van der Waals surface area contributed by atoms with Gasteiger partial charge in [-0.3, -0.25) is 4.79 Å². The molecule has 6 nitrogen and oxygen atoms in total. The minimum Gasteiger partial charge on any atom is -0.493 e. The van der Waals surface area contributed by atoms with Crippen LogP contribution in [0.5, 0.6) is 5.75 Å². The molecule has 7 heteroatoms. The minimum atomic E-state index is -3.37. The van der Waals surface area contributed by atoms with Gasteiger partial charge in [-0.05, 0) is 42.9 Å². The van der Waals surface area contributed by atoms with Gasteiger partial charge in [0.15, 0.2) is 0 Å². The molecule has 29 heavy (non-hydrogen) atoms. The Bertz CT molecular complexity index is 846. The van der Waals surface area contributed by atoms with Crippen molar-refractivity contribution in [3.05, 3.63) is 29.8 Å². The molecule has 1 aromatic carbocycles. The first-order chi connectivity index (χ1) is 13.5. The lowest BCUT2D eigenvalue weighted by Gasteiger charge is -2.30. The number of nitrogens with one attached hydrogen (secondary N) is 1. The average Bonchev–Trinajstić information content (AvgIpc) is 3.35. The van der Waals surface area contributed by atoms with Gasteiger partial charge < -0.3 is 9.64 Å². The highest BCUT2D eigenvalue weighted by Gasteiger charge is 2.61. The number of sulfonamides is 1. The third-order valence-electron chi connectivity index (χ3n) is 5.87. The van der Waals surface area contributed by atoms with Gasteiger partial charge in [-0.2, -0.15) is 0 Å². The van der Waals surface area contributed by atoms with Gasteiger partial charge in [0.1, 0.15) is 5.75 Å². The van der Waals surface area contributed by atoms with E-state index in [1.54, 1.807) is 0 Å². The summed E-state index contributed by atoms with van der Waals surface area (Å²) in [6, 6.07) is 7.49. The van der Waals surface area contributed by atoms with Crippen molar-refractivity contribution >= 4 is 15.9 Å². The molecule has 1 spiro atoms. The van der Waals surface area contributed by atoms with Crippen LogP contribution in [0.2, 0.25) is 0 Å². The summed E-state index contributed by atoms with van der Waals surface area (Å²) in [4.78, 5) is 14.9. The number of benzene rings is 1. The number of carbonyl (C=O) groups is 1. The number of ether oxygens (including phenoxy) is 1. The molecule has 1 heterocycles. The normalized spacial score (nSPS) is 23.2. The van der Waals surface area contributed by atoms with E-state index in [1.165, 1.54) is 6.26 Å². The van der Waals surface area contributed by atoms with E-state index in [-0.39, 0.29) is 29.3 Å². The third-order valence-corrected chi connectivity index (χ3v) is 6.55. The summed E-state index contributed by atoms with van der Waals surface area (Å²) >= 11 is 0. The molecule has 2 fully saturated rings. The van der Waals surface area contributed by atoms with Gasteiger partial charge in [0.05, 0.1) is 18.9 Å². The molecule has 1 aromatic rings.